The highest BCUT2D eigenvalue weighted by Crippen LogP contribution is 2.66. The molecule has 0 aromatic rings. The van der Waals surface area contributed by atoms with Crippen molar-refractivity contribution in [2.75, 3.05) is 0 Å². The van der Waals surface area contributed by atoms with Gasteiger partial charge in [-0.3, -0.25) is 0 Å². The van der Waals surface area contributed by atoms with Gasteiger partial charge in [0.1, 0.15) is 0 Å². The molecule has 1 nitrogen and oxygen atoms in total. The van der Waals surface area contributed by atoms with Crippen LogP contribution in [0.3, 0.4) is 0 Å². The lowest BCUT2D eigenvalue weighted by Crippen LogP contribution is -2.56. The summed E-state index contributed by atoms with van der Waals surface area (Å²) in [6.07, 6.45) is 19.8. The molecule has 0 bridgehead atoms. The molecule has 0 radical (unpaired) electrons. The van der Waals surface area contributed by atoms with Crippen LogP contribution >= 0.6 is 34.4 Å². The molecule has 9 unspecified atom stereocenters. The summed E-state index contributed by atoms with van der Waals surface area (Å²) in [6, 6.07) is 0.447. The lowest BCUT2D eigenvalue weighted by molar-refractivity contribution is -0.0324. The molecular weight excluding hydrogens is 485 g/mol. The molecule has 5 aliphatic rings. The zero-order chi connectivity index (χ0) is 20.2. The average molecular weight is 528 g/mol. The Hall–Kier alpha value is 0.780. The van der Waals surface area contributed by atoms with Crippen LogP contribution in [0, 0.1) is 29.1 Å². The van der Waals surface area contributed by atoms with E-state index in [4.69, 9.17) is 12.3 Å². The molecule has 5 rings (SSSR count). The maximum Gasteiger partial charge on any atom is 0.0320 e. The van der Waals surface area contributed by atoms with Crippen molar-refractivity contribution in [1.29, 1.82) is 0 Å². The first-order valence-electron chi connectivity index (χ1n) is 12.7. The quantitative estimate of drug-likeness (QED) is 0.200. The van der Waals surface area contributed by atoms with Gasteiger partial charge < -0.3 is 5.73 Å². The zero-order valence-electron chi connectivity index (χ0n) is 18.5. The number of alkyl halides is 1. The molecule has 0 aromatic heterocycles. The summed E-state index contributed by atoms with van der Waals surface area (Å²) < 4.78 is 1.28. The van der Waals surface area contributed by atoms with Crippen molar-refractivity contribution in [2.45, 2.75) is 117 Å². The maximum absolute atomic E-state index is 7.12. The average Bonchev–Trinajstić information content (AvgIpc) is 2.82. The number of allylic oxidation sites excluding steroid dienone is 1. The van der Waals surface area contributed by atoms with Crippen LogP contribution in [0.2, 0.25) is 0 Å². The van der Waals surface area contributed by atoms with E-state index in [9.17, 15) is 0 Å². The molecule has 1 spiro atoms. The van der Waals surface area contributed by atoms with Crippen molar-refractivity contribution in [3.63, 3.8) is 0 Å². The van der Waals surface area contributed by atoms with Crippen LogP contribution in [-0.4, -0.2) is 20.0 Å². The fourth-order valence-corrected chi connectivity index (χ4v) is 11.5. The molecule has 2 N–H and O–H groups in total. The minimum atomic E-state index is 0.388. The van der Waals surface area contributed by atoms with Gasteiger partial charge in [-0.2, -0.15) is 0 Å². The van der Waals surface area contributed by atoms with Crippen LogP contribution in [0.4, 0.5) is 0 Å². The van der Waals surface area contributed by atoms with E-state index in [1.807, 2.05) is 0 Å². The first kappa shape index (κ1) is 21.6. The Labute approximate surface area is 197 Å². The number of rotatable bonds is 0. The minimum Gasteiger partial charge on any atom is -0.326 e. The van der Waals surface area contributed by atoms with Crippen molar-refractivity contribution in [1.82, 2.24) is 0 Å². The highest BCUT2D eigenvalue weighted by Gasteiger charge is 2.60. The van der Waals surface area contributed by atoms with Crippen molar-refractivity contribution in [2.24, 2.45) is 34.8 Å². The first-order chi connectivity index (χ1) is 13.9. The highest BCUT2D eigenvalue weighted by molar-refractivity contribution is 14.1. The number of hydrogen-bond donors (Lipinski definition) is 1. The van der Waals surface area contributed by atoms with Crippen molar-refractivity contribution in [3.05, 3.63) is 12.2 Å². The predicted molar refractivity (Wildman–Crippen MR) is 136 cm³/mol. The molecule has 5 fully saturated rings. The van der Waals surface area contributed by atoms with Gasteiger partial charge in [0, 0.05) is 20.0 Å². The van der Waals surface area contributed by atoms with E-state index in [0.717, 1.165) is 32.8 Å². The molecule has 3 heteroatoms. The number of thioether (sulfide) groups is 1. The Kier molecular flexibility index (Phi) is 6.17. The summed E-state index contributed by atoms with van der Waals surface area (Å²) in [5.41, 5.74) is 9.28. The van der Waals surface area contributed by atoms with Crippen LogP contribution in [0.5, 0.6) is 0 Å². The fourth-order valence-electron chi connectivity index (χ4n) is 8.48. The Morgan fingerprint density at radius 3 is 2.69 bits per heavy atom. The van der Waals surface area contributed by atoms with E-state index in [2.05, 4.69) is 41.3 Å². The topological polar surface area (TPSA) is 26.0 Å². The third kappa shape index (κ3) is 3.69. The van der Waals surface area contributed by atoms with E-state index in [-0.39, 0.29) is 0 Å². The second kappa shape index (κ2) is 8.28. The van der Waals surface area contributed by atoms with Gasteiger partial charge in [-0.05, 0) is 93.3 Å². The summed E-state index contributed by atoms with van der Waals surface area (Å²) in [5.74, 6) is 3.33. The summed E-state index contributed by atoms with van der Waals surface area (Å²) in [6.45, 7) is 7.39. The molecule has 1 aliphatic heterocycles. The summed E-state index contributed by atoms with van der Waals surface area (Å²) in [5, 5.41) is 0.860. The summed E-state index contributed by atoms with van der Waals surface area (Å²) >= 11 is 5.08. The molecule has 29 heavy (non-hydrogen) atoms. The van der Waals surface area contributed by atoms with E-state index < -0.39 is 0 Å². The van der Waals surface area contributed by atoms with Crippen LogP contribution in [0.15, 0.2) is 12.2 Å². The molecule has 1 saturated heterocycles. The number of nitrogens with two attached hydrogens (primary N) is 1. The monoisotopic (exact) mass is 527 g/mol. The van der Waals surface area contributed by atoms with Gasteiger partial charge >= 0.3 is 0 Å². The second-order valence-corrected chi connectivity index (χ2v) is 15.1. The molecular formula is C26H42INS. The Balaban J connectivity index is 1.38. The minimum absolute atomic E-state index is 0.388. The van der Waals surface area contributed by atoms with Crippen LogP contribution in [0.25, 0.3) is 0 Å². The summed E-state index contributed by atoms with van der Waals surface area (Å²) in [7, 11) is 0. The number of hydrogen-bond acceptors (Lipinski definition) is 2. The van der Waals surface area contributed by atoms with E-state index >= 15 is 0 Å². The molecule has 1 heterocycles. The Bertz CT molecular complexity index is 636. The third-order valence-electron chi connectivity index (χ3n) is 10.3. The Morgan fingerprint density at radius 2 is 1.83 bits per heavy atom. The molecule has 4 saturated carbocycles. The lowest BCUT2D eigenvalue weighted by Gasteiger charge is -2.59. The standard InChI is InChI=1S/C26H42INS/c1-17-15-18-16-26(24(28)21-8-4-3-5-10-23(21)29-26)14-13-25(18,2)22-9-6-7-19(27)11-12-20(17)22/h18-24H,1,3-16,28H2,2H3. The van der Waals surface area contributed by atoms with Crippen LogP contribution < -0.4 is 5.73 Å². The molecule has 0 aromatic carbocycles. The van der Waals surface area contributed by atoms with Gasteiger partial charge in [0.2, 0.25) is 0 Å². The van der Waals surface area contributed by atoms with E-state index in [0.29, 0.717) is 16.2 Å². The van der Waals surface area contributed by atoms with Gasteiger partial charge in [-0.1, -0.05) is 67.3 Å². The van der Waals surface area contributed by atoms with Crippen molar-refractivity contribution < 1.29 is 0 Å². The first-order valence-corrected chi connectivity index (χ1v) is 14.8. The Morgan fingerprint density at radius 1 is 1.00 bits per heavy atom. The normalized spacial score (nSPS) is 53.3. The van der Waals surface area contributed by atoms with Crippen LogP contribution in [0.1, 0.15) is 96.8 Å². The number of halogens is 1. The van der Waals surface area contributed by atoms with E-state index in [1.54, 1.807) is 5.57 Å². The fraction of sp³-hybridized carbons (Fsp3) is 0.923. The zero-order valence-corrected chi connectivity index (χ0v) is 21.5. The lowest BCUT2D eigenvalue weighted by atomic mass is 9.48. The third-order valence-corrected chi connectivity index (χ3v) is 13.5. The van der Waals surface area contributed by atoms with Crippen molar-refractivity contribution in [3.8, 4) is 0 Å². The van der Waals surface area contributed by atoms with Gasteiger partial charge in [0.15, 0.2) is 0 Å². The maximum atomic E-state index is 7.12. The van der Waals surface area contributed by atoms with Gasteiger partial charge in [0.05, 0.1) is 0 Å². The van der Waals surface area contributed by atoms with Gasteiger partial charge in [-0.15, -0.1) is 11.8 Å². The smallest absolute Gasteiger partial charge is 0.0320 e. The molecule has 9 atom stereocenters. The highest BCUT2D eigenvalue weighted by atomic mass is 127. The predicted octanol–water partition coefficient (Wildman–Crippen LogP) is 7.51. The molecule has 0 amide bonds. The van der Waals surface area contributed by atoms with Gasteiger partial charge in [-0.25, -0.2) is 0 Å². The van der Waals surface area contributed by atoms with Crippen LogP contribution in [-0.2, 0) is 0 Å². The molecule has 4 aliphatic carbocycles. The van der Waals surface area contributed by atoms with E-state index in [1.165, 1.54) is 89.9 Å². The second-order valence-electron chi connectivity index (χ2n) is 11.6. The van der Waals surface area contributed by atoms with Gasteiger partial charge in [0.25, 0.3) is 0 Å². The summed E-state index contributed by atoms with van der Waals surface area (Å²) in [4.78, 5) is 0. The largest absolute Gasteiger partial charge is 0.326 e. The molecule has 164 valence electrons. The van der Waals surface area contributed by atoms with Crippen molar-refractivity contribution >= 4 is 34.4 Å². The SMILES string of the molecule is C=C1CC2CC3(CCC2(C)C2CCCC(I)CCC12)SC1CCCCCC1C3N. The number of fused-ring (bicyclic) bond motifs is 4.